The summed E-state index contributed by atoms with van der Waals surface area (Å²) in [6.07, 6.45) is 7.27. The summed E-state index contributed by atoms with van der Waals surface area (Å²) in [5.41, 5.74) is 0.974. The zero-order chi connectivity index (χ0) is 21.8. The Morgan fingerprint density at radius 3 is 1.93 bits per heavy atom. The third-order valence-corrected chi connectivity index (χ3v) is 4.26. The average Bonchev–Trinajstić information content (AvgIpc) is 2.66. The van der Waals surface area contributed by atoms with E-state index in [9.17, 15) is 9.18 Å². The normalized spacial score (nSPS) is 10.5. The van der Waals surface area contributed by atoms with Crippen LogP contribution in [0.25, 0.3) is 0 Å². The topological polar surface area (TPSA) is 17.1 Å². The van der Waals surface area contributed by atoms with Gasteiger partial charge in [-0.05, 0) is 37.0 Å². The average molecular weight is 403 g/mol. The minimum atomic E-state index is -0.359. The molecule has 0 N–H and O–H groups in total. The zero-order valence-electron chi connectivity index (χ0n) is 19.3. The highest BCUT2D eigenvalue weighted by atomic mass is 35.5. The molecule has 0 bridgehead atoms. The second-order valence-electron chi connectivity index (χ2n) is 6.94. The molecule has 0 saturated carbocycles. The minimum Gasteiger partial charge on any atom is -0.299 e. The van der Waals surface area contributed by atoms with Crippen molar-refractivity contribution in [3.8, 4) is 0 Å². The van der Waals surface area contributed by atoms with Crippen LogP contribution in [0.15, 0.2) is 18.2 Å². The van der Waals surface area contributed by atoms with Crippen molar-refractivity contribution in [2.75, 3.05) is 0 Å². The molecule has 1 rings (SSSR count). The lowest BCUT2D eigenvalue weighted by Gasteiger charge is -2.02. The molecule has 0 radical (unpaired) electrons. The van der Waals surface area contributed by atoms with Crippen LogP contribution in [-0.4, -0.2) is 5.78 Å². The molecule has 1 unspecified atom stereocenters. The number of hydrogen-bond acceptors (Lipinski definition) is 1. The van der Waals surface area contributed by atoms with Gasteiger partial charge in [-0.1, -0.05) is 98.7 Å². The molecule has 1 aromatic carbocycles. The third kappa shape index (κ3) is 21.3. The van der Waals surface area contributed by atoms with Crippen molar-refractivity contribution in [2.24, 2.45) is 11.8 Å². The molecule has 0 aliphatic rings. The molecule has 0 saturated heterocycles. The number of unbranched alkanes of at least 4 members (excludes halogenated alkanes) is 2. The molecule has 0 heterocycles. The van der Waals surface area contributed by atoms with E-state index in [0.717, 1.165) is 17.9 Å². The molecule has 0 aliphatic carbocycles. The maximum absolute atomic E-state index is 12.4. The van der Waals surface area contributed by atoms with E-state index >= 15 is 0 Å². The highest BCUT2D eigenvalue weighted by molar-refractivity contribution is 6.30. The Hall–Kier alpha value is -0.890. The number of ketones is 1. The number of carbonyl (C=O) groups is 1. The summed E-state index contributed by atoms with van der Waals surface area (Å²) in [6.45, 7) is 18.6. The van der Waals surface area contributed by atoms with Crippen molar-refractivity contribution in [1.29, 1.82) is 0 Å². The van der Waals surface area contributed by atoms with Crippen molar-refractivity contribution >= 4 is 17.4 Å². The van der Waals surface area contributed by atoms with Gasteiger partial charge in [0.2, 0.25) is 0 Å². The van der Waals surface area contributed by atoms with Crippen LogP contribution in [0.3, 0.4) is 0 Å². The van der Waals surface area contributed by atoms with Crippen molar-refractivity contribution in [3.05, 3.63) is 34.6 Å². The Morgan fingerprint density at radius 1 is 1.07 bits per heavy atom. The number of hydrogen-bond donors (Lipinski definition) is 0. The maximum atomic E-state index is 12.4. The molecule has 0 spiro atoms. The Balaban J connectivity index is -0.000000306. The lowest BCUT2D eigenvalue weighted by molar-refractivity contribution is -0.122. The first-order valence-electron chi connectivity index (χ1n) is 10.6. The van der Waals surface area contributed by atoms with Gasteiger partial charge in [-0.2, -0.15) is 0 Å². The molecule has 0 aromatic heterocycles. The maximum Gasteiger partial charge on any atom is 0.141 e. The van der Waals surface area contributed by atoms with Crippen LogP contribution in [0.1, 0.15) is 99.5 Å². The van der Waals surface area contributed by atoms with E-state index in [1.54, 1.807) is 12.1 Å². The van der Waals surface area contributed by atoms with E-state index in [4.69, 9.17) is 11.6 Å². The van der Waals surface area contributed by atoms with Gasteiger partial charge in [-0.15, -0.1) is 0 Å². The summed E-state index contributed by atoms with van der Waals surface area (Å²) in [4.78, 5) is 10.7. The zero-order valence-corrected chi connectivity index (χ0v) is 20.0. The van der Waals surface area contributed by atoms with E-state index < -0.39 is 0 Å². The molecule has 0 aliphatic heterocycles. The van der Waals surface area contributed by atoms with E-state index in [-0.39, 0.29) is 16.8 Å². The van der Waals surface area contributed by atoms with Gasteiger partial charge in [0.15, 0.2) is 0 Å². The highest BCUT2D eigenvalue weighted by Gasteiger charge is 2.05. The Bertz CT molecular complexity index is 458. The summed E-state index contributed by atoms with van der Waals surface area (Å²) < 4.78 is 12.4. The van der Waals surface area contributed by atoms with Gasteiger partial charge in [0.05, 0.1) is 5.02 Å². The fourth-order valence-electron chi connectivity index (χ4n) is 1.98. The van der Waals surface area contributed by atoms with Gasteiger partial charge >= 0.3 is 0 Å². The number of aryl methyl sites for hydroxylation is 1. The highest BCUT2D eigenvalue weighted by Crippen LogP contribution is 2.14. The first-order valence-corrected chi connectivity index (χ1v) is 11.0. The second kappa shape index (κ2) is 21.4. The quantitative estimate of drug-likeness (QED) is 0.415. The van der Waals surface area contributed by atoms with Gasteiger partial charge < -0.3 is 0 Å². The smallest absolute Gasteiger partial charge is 0.141 e. The molecular formula is C24H44ClFO. The number of rotatable bonds is 7. The standard InChI is InChI=1S/C8H18.C7H6ClF.C7H14O.C2H6/c1-4-5-6-7-8(2)3;1-5-2-3-7(9)6(8)4-5;1-4-6(3)7(8)5-2;1-2/h8H,4-7H2,1-3H3;2-4H,1H3;6H,4-5H2,1-3H3;1-2H3. The minimum absolute atomic E-state index is 0.190. The van der Waals surface area contributed by atoms with E-state index in [1.807, 2.05) is 41.5 Å². The first-order chi connectivity index (χ1) is 12.7. The number of carbonyl (C=O) groups excluding carboxylic acids is 1. The van der Waals surface area contributed by atoms with Gasteiger partial charge in [-0.3, -0.25) is 4.79 Å². The van der Waals surface area contributed by atoms with Gasteiger partial charge in [0.25, 0.3) is 0 Å². The van der Waals surface area contributed by atoms with Crippen LogP contribution in [0.2, 0.25) is 5.02 Å². The van der Waals surface area contributed by atoms with Crippen LogP contribution in [0, 0.1) is 24.6 Å². The van der Waals surface area contributed by atoms with Gasteiger partial charge in [-0.25, -0.2) is 4.39 Å². The molecule has 160 valence electrons. The van der Waals surface area contributed by atoms with Crippen LogP contribution < -0.4 is 0 Å². The lowest BCUT2D eigenvalue weighted by atomic mass is 10.0. The molecule has 1 atom stereocenters. The number of halogens is 2. The molecule has 27 heavy (non-hydrogen) atoms. The predicted molar refractivity (Wildman–Crippen MR) is 121 cm³/mol. The summed E-state index contributed by atoms with van der Waals surface area (Å²) >= 11 is 5.44. The van der Waals surface area contributed by atoms with Crippen LogP contribution in [0.5, 0.6) is 0 Å². The van der Waals surface area contributed by atoms with Crippen molar-refractivity contribution < 1.29 is 9.18 Å². The number of Topliss-reactive ketones (excluding diaryl/α,β-unsaturated/α-hetero) is 1. The molecule has 1 nitrogen and oxygen atoms in total. The SMILES string of the molecule is CC.CCC(=O)C(C)CC.CCCCCC(C)C.Cc1ccc(F)c(Cl)c1. The fraction of sp³-hybridized carbons (Fsp3) is 0.708. The molecule has 1 aromatic rings. The molecular weight excluding hydrogens is 359 g/mol. The van der Waals surface area contributed by atoms with Crippen molar-refractivity contribution in [3.63, 3.8) is 0 Å². The van der Waals surface area contributed by atoms with Gasteiger partial charge in [0, 0.05) is 12.3 Å². The van der Waals surface area contributed by atoms with E-state index in [0.29, 0.717) is 12.2 Å². The number of benzene rings is 1. The Morgan fingerprint density at radius 2 is 1.63 bits per heavy atom. The monoisotopic (exact) mass is 402 g/mol. The summed E-state index contributed by atoms with van der Waals surface area (Å²) in [5, 5.41) is 0.190. The predicted octanol–water partition coefficient (Wildman–Crippen LogP) is 9.05. The lowest BCUT2D eigenvalue weighted by Crippen LogP contribution is -2.06. The second-order valence-corrected chi connectivity index (χ2v) is 7.34. The van der Waals surface area contributed by atoms with E-state index in [2.05, 4.69) is 20.8 Å². The fourth-order valence-corrected chi connectivity index (χ4v) is 2.21. The molecule has 0 fully saturated rings. The van der Waals surface area contributed by atoms with Gasteiger partial charge in [0.1, 0.15) is 11.6 Å². The summed E-state index contributed by atoms with van der Waals surface area (Å²) in [7, 11) is 0. The summed E-state index contributed by atoms with van der Waals surface area (Å²) in [5.74, 6) is 1.20. The Kier molecular flexibility index (Phi) is 24.4. The van der Waals surface area contributed by atoms with Crippen LogP contribution in [-0.2, 0) is 4.79 Å². The molecule has 3 heteroatoms. The molecule has 0 amide bonds. The van der Waals surface area contributed by atoms with Crippen LogP contribution >= 0.6 is 11.6 Å². The van der Waals surface area contributed by atoms with Crippen molar-refractivity contribution in [1.82, 2.24) is 0 Å². The third-order valence-electron chi connectivity index (χ3n) is 3.97. The van der Waals surface area contributed by atoms with Crippen LogP contribution in [0.4, 0.5) is 4.39 Å². The first kappa shape index (κ1) is 30.8. The van der Waals surface area contributed by atoms with Crippen molar-refractivity contribution in [2.45, 2.75) is 101 Å². The Labute approximate surface area is 174 Å². The van der Waals surface area contributed by atoms with E-state index in [1.165, 1.54) is 31.7 Å². The largest absolute Gasteiger partial charge is 0.299 e. The summed E-state index contributed by atoms with van der Waals surface area (Å²) in [6, 6.07) is 4.63.